The van der Waals surface area contributed by atoms with E-state index in [0.717, 1.165) is 17.1 Å². The van der Waals surface area contributed by atoms with Crippen LogP contribution in [0.15, 0.2) is 5.38 Å². The third-order valence-corrected chi connectivity index (χ3v) is 3.49. The third kappa shape index (κ3) is 6.66. The Morgan fingerprint density at radius 1 is 1.53 bits per heavy atom. The fourth-order valence-electron chi connectivity index (χ4n) is 1.46. The molecule has 3 N–H and O–H groups in total. The van der Waals surface area contributed by atoms with Crippen molar-refractivity contribution in [3.63, 3.8) is 0 Å². The van der Waals surface area contributed by atoms with Gasteiger partial charge in [0.25, 0.3) is 0 Å². The van der Waals surface area contributed by atoms with Gasteiger partial charge in [-0.1, -0.05) is 0 Å². The maximum absolute atomic E-state index is 11.7. The van der Waals surface area contributed by atoms with Crippen molar-refractivity contribution in [3.8, 4) is 0 Å². The van der Waals surface area contributed by atoms with Crippen LogP contribution >= 0.6 is 11.3 Å². The van der Waals surface area contributed by atoms with Crippen molar-refractivity contribution in [1.29, 1.82) is 0 Å². The van der Waals surface area contributed by atoms with Crippen molar-refractivity contribution in [3.05, 3.63) is 16.1 Å². The first-order valence-electron chi connectivity index (χ1n) is 6.57. The Morgan fingerprint density at radius 2 is 2.26 bits per heavy atom. The van der Waals surface area contributed by atoms with Crippen LogP contribution in [0.4, 0.5) is 0 Å². The topological polar surface area (TPSA) is 77.2 Å². The minimum Gasteiger partial charge on any atom is -0.379 e. The van der Waals surface area contributed by atoms with Gasteiger partial charge in [-0.2, -0.15) is 0 Å². The van der Waals surface area contributed by atoms with Gasteiger partial charge in [0.1, 0.15) is 5.01 Å². The lowest BCUT2D eigenvalue weighted by Crippen LogP contribution is -2.27. The Hall–Kier alpha value is -0.980. The van der Waals surface area contributed by atoms with Gasteiger partial charge < -0.3 is 15.8 Å². The Kier molecular flexibility index (Phi) is 6.97. The molecule has 1 heterocycles. The summed E-state index contributed by atoms with van der Waals surface area (Å²) in [4.78, 5) is 16.0. The second-order valence-electron chi connectivity index (χ2n) is 4.77. The molecule has 1 rings (SSSR count). The fraction of sp³-hybridized carbons (Fsp3) is 0.692. The second kappa shape index (κ2) is 8.24. The summed E-state index contributed by atoms with van der Waals surface area (Å²) in [6, 6.07) is -0.0741. The summed E-state index contributed by atoms with van der Waals surface area (Å²) in [6.07, 6.45) is 1.38. The average molecular weight is 285 g/mol. The van der Waals surface area contributed by atoms with Crippen LogP contribution in [0.2, 0.25) is 0 Å². The third-order valence-electron chi connectivity index (χ3n) is 2.40. The van der Waals surface area contributed by atoms with Crippen molar-refractivity contribution < 1.29 is 9.53 Å². The molecule has 0 spiro atoms. The van der Waals surface area contributed by atoms with E-state index in [1.165, 1.54) is 11.3 Å². The van der Waals surface area contributed by atoms with Crippen LogP contribution in [0.5, 0.6) is 0 Å². The van der Waals surface area contributed by atoms with E-state index in [2.05, 4.69) is 10.3 Å². The van der Waals surface area contributed by atoms with Crippen molar-refractivity contribution in [2.75, 3.05) is 13.2 Å². The van der Waals surface area contributed by atoms with Gasteiger partial charge in [-0.25, -0.2) is 4.98 Å². The highest BCUT2D eigenvalue weighted by atomic mass is 32.1. The smallest absolute Gasteiger partial charge is 0.226 e. The summed E-state index contributed by atoms with van der Waals surface area (Å²) in [5, 5.41) is 5.62. The number of aromatic nitrogens is 1. The SMILES string of the molecule is CC(C)OCCCNC(=O)Cc1csc(C(C)N)n1. The molecule has 1 aromatic heterocycles. The van der Waals surface area contributed by atoms with E-state index >= 15 is 0 Å². The van der Waals surface area contributed by atoms with E-state index in [1.54, 1.807) is 0 Å². The van der Waals surface area contributed by atoms with E-state index in [1.807, 2.05) is 26.2 Å². The molecule has 108 valence electrons. The lowest BCUT2D eigenvalue weighted by atomic mass is 10.3. The van der Waals surface area contributed by atoms with Crippen LogP contribution < -0.4 is 11.1 Å². The van der Waals surface area contributed by atoms with Crippen LogP contribution in [-0.4, -0.2) is 30.1 Å². The molecule has 0 aliphatic carbocycles. The van der Waals surface area contributed by atoms with Gasteiger partial charge in [-0.3, -0.25) is 4.79 Å². The van der Waals surface area contributed by atoms with Crippen molar-refractivity contribution in [2.45, 2.75) is 45.8 Å². The first kappa shape index (κ1) is 16.1. The van der Waals surface area contributed by atoms with Gasteiger partial charge in [0.2, 0.25) is 5.91 Å². The Balaban J connectivity index is 2.19. The standard InChI is InChI=1S/C13H23N3O2S/c1-9(2)18-6-4-5-15-12(17)7-11-8-19-13(16-11)10(3)14/h8-10H,4-7,14H2,1-3H3,(H,15,17). The highest BCUT2D eigenvalue weighted by Gasteiger charge is 2.09. The molecule has 0 aromatic carbocycles. The van der Waals surface area contributed by atoms with E-state index in [4.69, 9.17) is 10.5 Å². The van der Waals surface area contributed by atoms with E-state index in [-0.39, 0.29) is 18.1 Å². The number of carbonyl (C=O) groups excluding carboxylic acids is 1. The van der Waals surface area contributed by atoms with E-state index in [9.17, 15) is 4.79 Å². The normalized spacial score (nSPS) is 12.7. The van der Waals surface area contributed by atoms with Gasteiger partial charge in [0.05, 0.1) is 24.3 Å². The molecule has 1 aromatic rings. The minimum atomic E-state index is -0.0741. The first-order chi connectivity index (χ1) is 8.99. The summed E-state index contributed by atoms with van der Waals surface area (Å²) in [6.45, 7) is 7.18. The molecular formula is C13H23N3O2S. The maximum atomic E-state index is 11.7. The summed E-state index contributed by atoms with van der Waals surface area (Å²) in [5.74, 6) is -0.00827. The largest absolute Gasteiger partial charge is 0.379 e. The quantitative estimate of drug-likeness (QED) is 0.712. The van der Waals surface area contributed by atoms with E-state index in [0.29, 0.717) is 19.6 Å². The van der Waals surface area contributed by atoms with Crippen LogP contribution in [0.3, 0.4) is 0 Å². The number of nitrogens with two attached hydrogens (primary N) is 1. The molecule has 19 heavy (non-hydrogen) atoms. The molecule has 6 heteroatoms. The number of carbonyl (C=O) groups is 1. The monoisotopic (exact) mass is 285 g/mol. The number of hydrogen-bond acceptors (Lipinski definition) is 5. The highest BCUT2D eigenvalue weighted by Crippen LogP contribution is 2.15. The molecular weight excluding hydrogens is 262 g/mol. The number of rotatable bonds is 8. The zero-order valence-electron chi connectivity index (χ0n) is 11.8. The molecule has 1 amide bonds. The van der Waals surface area contributed by atoms with Crippen molar-refractivity contribution in [1.82, 2.24) is 10.3 Å². The predicted octanol–water partition coefficient (Wildman–Crippen LogP) is 1.64. The van der Waals surface area contributed by atoms with E-state index < -0.39 is 0 Å². The van der Waals surface area contributed by atoms with Crippen LogP contribution in [0, 0.1) is 0 Å². The number of thiazole rings is 1. The fourth-order valence-corrected chi connectivity index (χ4v) is 2.24. The summed E-state index contributed by atoms with van der Waals surface area (Å²) < 4.78 is 5.40. The molecule has 5 nitrogen and oxygen atoms in total. The molecule has 0 aliphatic heterocycles. The number of hydrogen-bond donors (Lipinski definition) is 2. The molecule has 0 aliphatic rings. The van der Waals surface area contributed by atoms with Crippen molar-refractivity contribution in [2.24, 2.45) is 5.73 Å². The molecule has 0 saturated carbocycles. The molecule has 0 bridgehead atoms. The maximum Gasteiger partial charge on any atom is 0.226 e. The molecule has 0 saturated heterocycles. The number of nitrogens with one attached hydrogen (secondary N) is 1. The zero-order chi connectivity index (χ0) is 14.3. The molecule has 1 unspecified atom stereocenters. The van der Waals surface area contributed by atoms with Gasteiger partial charge in [-0.05, 0) is 27.2 Å². The van der Waals surface area contributed by atoms with Crippen molar-refractivity contribution >= 4 is 17.2 Å². The van der Waals surface area contributed by atoms with Crippen LogP contribution in [0.1, 0.15) is 43.9 Å². The Bertz CT molecular complexity index is 391. The molecule has 0 radical (unpaired) electrons. The van der Waals surface area contributed by atoms with Crippen LogP contribution in [0.25, 0.3) is 0 Å². The van der Waals surface area contributed by atoms with Gasteiger partial charge in [0, 0.05) is 18.5 Å². The lowest BCUT2D eigenvalue weighted by molar-refractivity contribution is -0.120. The zero-order valence-corrected chi connectivity index (χ0v) is 12.6. The predicted molar refractivity (Wildman–Crippen MR) is 77.1 cm³/mol. The highest BCUT2D eigenvalue weighted by molar-refractivity contribution is 7.09. The molecule has 0 fully saturated rings. The van der Waals surface area contributed by atoms with Gasteiger partial charge in [-0.15, -0.1) is 11.3 Å². The van der Waals surface area contributed by atoms with Crippen LogP contribution in [-0.2, 0) is 16.0 Å². The van der Waals surface area contributed by atoms with Gasteiger partial charge in [0.15, 0.2) is 0 Å². The number of nitrogens with zero attached hydrogens (tertiary/aromatic N) is 1. The number of amides is 1. The molecule has 1 atom stereocenters. The first-order valence-corrected chi connectivity index (χ1v) is 7.45. The summed E-state index contributed by atoms with van der Waals surface area (Å²) in [7, 11) is 0. The summed E-state index contributed by atoms with van der Waals surface area (Å²) >= 11 is 1.50. The van der Waals surface area contributed by atoms with Gasteiger partial charge >= 0.3 is 0 Å². The number of ether oxygens (including phenoxy) is 1. The Labute approximate surface area is 118 Å². The summed E-state index contributed by atoms with van der Waals surface area (Å²) in [5.41, 5.74) is 6.51. The second-order valence-corrected chi connectivity index (χ2v) is 5.66. The minimum absolute atomic E-state index is 0.00827. The average Bonchev–Trinajstić information content (AvgIpc) is 2.76. The Morgan fingerprint density at radius 3 is 2.84 bits per heavy atom. The lowest BCUT2D eigenvalue weighted by Gasteiger charge is -2.07.